The first kappa shape index (κ1) is 20.1. The molecule has 2 fully saturated rings. The molecule has 2 aromatic carbocycles. The predicted molar refractivity (Wildman–Crippen MR) is 118 cm³/mol. The lowest BCUT2D eigenvalue weighted by atomic mass is 9.78. The molecule has 162 valence electrons. The molecule has 0 unspecified atom stereocenters. The highest BCUT2D eigenvalue weighted by atomic mass is 16.5. The van der Waals surface area contributed by atoms with Crippen molar-refractivity contribution in [2.45, 2.75) is 31.6 Å². The van der Waals surface area contributed by atoms with E-state index < -0.39 is 12.1 Å². The maximum Gasteiger partial charge on any atom is 0.337 e. The van der Waals surface area contributed by atoms with Gasteiger partial charge in [-0.25, -0.2) is 4.79 Å². The zero-order chi connectivity index (χ0) is 21.4. The topological polar surface area (TPSA) is 74.8 Å². The number of aliphatic hydroxyl groups excluding tert-OH is 1. The van der Waals surface area contributed by atoms with E-state index >= 15 is 0 Å². The first-order chi connectivity index (χ1) is 15.1. The van der Waals surface area contributed by atoms with Crippen LogP contribution in [0.5, 0.6) is 5.75 Å². The molecule has 1 aromatic heterocycles. The number of fused-ring (bicyclic) bond motifs is 2. The average molecular weight is 421 g/mol. The summed E-state index contributed by atoms with van der Waals surface area (Å²) in [6, 6.07) is 15.7. The summed E-state index contributed by atoms with van der Waals surface area (Å²) >= 11 is 0. The Hall–Kier alpha value is -2.83. The minimum absolute atomic E-state index is 0.260. The number of aromatic amines is 1. The average Bonchev–Trinajstić information content (AvgIpc) is 3.39. The molecule has 1 aliphatic carbocycles. The normalized spacial score (nSPS) is 26.0. The molecule has 4 atom stereocenters. The zero-order valence-corrected chi connectivity index (χ0v) is 17.7. The number of nitrogens with zero attached hydrogens (tertiary/aromatic N) is 1. The lowest BCUT2D eigenvalue weighted by molar-refractivity contribution is -0.0231. The van der Waals surface area contributed by atoms with E-state index in [0.717, 1.165) is 32.5 Å². The number of rotatable bonds is 5. The number of likely N-dealkylation sites (tertiary alicyclic amines) is 1. The summed E-state index contributed by atoms with van der Waals surface area (Å²) in [6.45, 7) is 2.95. The Labute approximate surface area is 181 Å². The Kier molecular flexibility index (Phi) is 5.42. The van der Waals surface area contributed by atoms with Gasteiger partial charge >= 0.3 is 5.97 Å². The van der Waals surface area contributed by atoms with Crippen LogP contribution in [0.2, 0.25) is 0 Å². The van der Waals surface area contributed by atoms with Crippen molar-refractivity contribution in [2.75, 3.05) is 20.2 Å². The smallest absolute Gasteiger partial charge is 0.337 e. The zero-order valence-electron chi connectivity index (χ0n) is 17.7. The van der Waals surface area contributed by atoms with Crippen molar-refractivity contribution >= 4 is 16.9 Å². The number of H-pyrrole nitrogens is 1. The summed E-state index contributed by atoms with van der Waals surface area (Å²) in [7, 11) is 1.36. The van der Waals surface area contributed by atoms with Gasteiger partial charge in [0.1, 0.15) is 11.9 Å². The summed E-state index contributed by atoms with van der Waals surface area (Å²) in [5.41, 5.74) is 2.93. The van der Waals surface area contributed by atoms with Gasteiger partial charge < -0.3 is 19.6 Å². The lowest BCUT2D eigenvalue weighted by Gasteiger charge is -2.35. The van der Waals surface area contributed by atoms with Crippen molar-refractivity contribution in [3.8, 4) is 5.75 Å². The van der Waals surface area contributed by atoms with E-state index in [1.54, 1.807) is 18.2 Å². The highest BCUT2D eigenvalue weighted by Gasteiger charge is 2.42. The van der Waals surface area contributed by atoms with Gasteiger partial charge in [-0.15, -0.1) is 0 Å². The van der Waals surface area contributed by atoms with Crippen molar-refractivity contribution in [3.05, 3.63) is 65.9 Å². The number of methoxy groups -OCH3 is 1. The van der Waals surface area contributed by atoms with E-state index in [0.29, 0.717) is 23.1 Å². The van der Waals surface area contributed by atoms with Gasteiger partial charge in [0.25, 0.3) is 0 Å². The maximum atomic E-state index is 11.8. The highest BCUT2D eigenvalue weighted by Crippen LogP contribution is 2.38. The molecule has 1 saturated carbocycles. The molecule has 0 amide bonds. The fourth-order valence-corrected chi connectivity index (χ4v) is 5.18. The monoisotopic (exact) mass is 420 g/mol. The van der Waals surface area contributed by atoms with E-state index in [4.69, 9.17) is 9.47 Å². The minimum Gasteiger partial charge on any atom is -0.488 e. The molecule has 1 saturated heterocycles. The summed E-state index contributed by atoms with van der Waals surface area (Å²) in [6.07, 6.45) is 2.78. The number of aromatic nitrogens is 1. The van der Waals surface area contributed by atoms with E-state index in [2.05, 4.69) is 34.1 Å². The van der Waals surface area contributed by atoms with Crippen LogP contribution in [0.4, 0.5) is 0 Å². The number of hydrogen-bond acceptors (Lipinski definition) is 5. The summed E-state index contributed by atoms with van der Waals surface area (Å²) in [5, 5.41) is 12.0. The lowest BCUT2D eigenvalue weighted by Crippen LogP contribution is -2.42. The summed E-state index contributed by atoms with van der Waals surface area (Å²) < 4.78 is 10.9. The molecule has 1 aliphatic heterocycles. The minimum atomic E-state index is -0.502. The van der Waals surface area contributed by atoms with Gasteiger partial charge in [0.2, 0.25) is 0 Å². The van der Waals surface area contributed by atoms with Crippen LogP contribution >= 0.6 is 0 Å². The first-order valence-corrected chi connectivity index (χ1v) is 10.9. The summed E-state index contributed by atoms with van der Waals surface area (Å²) in [4.78, 5) is 17.6. The molecule has 5 rings (SSSR count). The quantitative estimate of drug-likeness (QED) is 0.617. The maximum absolute atomic E-state index is 11.8. The van der Waals surface area contributed by atoms with Gasteiger partial charge in [-0.1, -0.05) is 18.2 Å². The van der Waals surface area contributed by atoms with Gasteiger partial charge in [0, 0.05) is 31.3 Å². The molecule has 6 heteroatoms. The van der Waals surface area contributed by atoms with Crippen LogP contribution in [0.3, 0.4) is 0 Å². The van der Waals surface area contributed by atoms with Crippen LogP contribution in [0, 0.1) is 11.8 Å². The second-order valence-electron chi connectivity index (χ2n) is 8.83. The molecule has 3 aromatic rings. The third-order valence-corrected chi connectivity index (χ3v) is 6.73. The number of ether oxygens (including phenoxy) is 2. The first-order valence-electron chi connectivity index (χ1n) is 10.9. The van der Waals surface area contributed by atoms with Gasteiger partial charge in [0.05, 0.1) is 18.8 Å². The number of aliphatic hydroxyl groups is 1. The predicted octanol–water partition coefficient (Wildman–Crippen LogP) is 3.60. The van der Waals surface area contributed by atoms with Crippen LogP contribution in [-0.4, -0.2) is 53.4 Å². The molecular weight excluding hydrogens is 392 g/mol. The van der Waals surface area contributed by atoms with Crippen molar-refractivity contribution in [1.82, 2.24) is 9.88 Å². The van der Waals surface area contributed by atoms with E-state index in [-0.39, 0.29) is 6.10 Å². The van der Waals surface area contributed by atoms with Crippen LogP contribution in [0.25, 0.3) is 10.9 Å². The third-order valence-electron chi connectivity index (χ3n) is 6.73. The number of benzene rings is 2. The summed E-state index contributed by atoms with van der Waals surface area (Å²) in [5.74, 6) is 1.20. The standard InChI is InChI=1S/C25H28N2O4/c1-30-25(29)18-3-2-4-21(10-18)31-24-12-20-15-27(14-19(20)11-23(24)28)13-16-5-6-17-7-8-26-22(17)9-16/h2-10,19-20,23-24,26,28H,11-15H2,1H3/t19-,20+,23+,24+/m0/s1. The molecule has 2 heterocycles. The molecule has 31 heavy (non-hydrogen) atoms. The number of esters is 1. The van der Waals surface area contributed by atoms with Gasteiger partial charge in [-0.3, -0.25) is 4.90 Å². The van der Waals surface area contributed by atoms with E-state index in [1.807, 2.05) is 12.3 Å². The van der Waals surface area contributed by atoms with E-state index in [9.17, 15) is 9.90 Å². The van der Waals surface area contributed by atoms with Crippen LogP contribution in [0.1, 0.15) is 28.8 Å². The van der Waals surface area contributed by atoms with Gasteiger partial charge in [-0.05, 0) is 66.0 Å². The Morgan fingerprint density at radius 2 is 1.97 bits per heavy atom. The Balaban J connectivity index is 1.23. The fourth-order valence-electron chi connectivity index (χ4n) is 5.18. The van der Waals surface area contributed by atoms with E-state index in [1.165, 1.54) is 23.6 Å². The van der Waals surface area contributed by atoms with Gasteiger partial charge in [0.15, 0.2) is 0 Å². The largest absolute Gasteiger partial charge is 0.488 e. The molecule has 0 bridgehead atoms. The van der Waals surface area contributed by atoms with Crippen molar-refractivity contribution in [2.24, 2.45) is 11.8 Å². The van der Waals surface area contributed by atoms with Crippen molar-refractivity contribution in [1.29, 1.82) is 0 Å². The number of hydrogen-bond donors (Lipinski definition) is 2. The fraction of sp³-hybridized carbons (Fsp3) is 0.400. The Bertz CT molecular complexity index is 1080. The SMILES string of the molecule is COC(=O)c1cccc(O[C@@H]2C[C@@H]3CN(Cc4ccc5cc[nH]c5c4)C[C@@H]3C[C@H]2O)c1. The third kappa shape index (κ3) is 4.18. The molecule has 2 N–H and O–H groups in total. The van der Waals surface area contributed by atoms with Gasteiger partial charge in [-0.2, -0.15) is 0 Å². The van der Waals surface area contributed by atoms with Crippen LogP contribution < -0.4 is 4.74 Å². The molecule has 2 aliphatic rings. The number of carbonyl (C=O) groups is 1. The molecule has 0 radical (unpaired) electrons. The van der Waals surface area contributed by atoms with Crippen LogP contribution in [-0.2, 0) is 11.3 Å². The number of carbonyl (C=O) groups excluding carboxylic acids is 1. The van der Waals surface area contributed by atoms with Crippen molar-refractivity contribution < 1.29 is 19.4 Å². The Morgan fingerprint density at radius 1 is 1.13 bits per heavy atom. The molecular formula is C25H28N2O4. The van der Waals surface area contributed by atoms with Crippen molar-refractivity contribution in [3.63, 3.8) is 0 Å². The second kappa shape index (κ2) is 8.36. The number of nitrogens with one attached hydrogen (secondary N) is 1. The second-order valence-corrected chi connectivity index (χ2v) is 8.83. The molecule has 6 nitrogen and oxygen atoms in total. The van der Waals surface area contributed by atoms with Crippen LogP contribution in [0.15, 0.2) is 54.7 Å². The Morgan fingerprint density at radius 3 is 2.81 bits per heavy atom. The highest BCUT2D eigenvalue weighted by molar-refractivity contribution is 5.89. The molecule has 0 spiro atoms.